The molecule has 1 atom stereocenters. The van der Waals surface area contributed by atoms with Gasteiger partial charge in [-0.1, -0.05) is 24.3 Å². The van der Waals surface area contributed by atoms with Crippen LogP contribution in [-0.4, -0.2) is 22.4 Å². The van der Waals surface area contributed by atoms with Gasteiger partial charge >= 0.3 is 0 Å². The zero-order valence-corrected chi connectivity index (χ0v) is 12.1. The molecule has 1 N–H and O–H groups in total. The zero-order valence-electron chi connectivity index (χ0n) is 11.2. The van der Waals surface area contributed by atoms with Gasteiger partial charge in [-0.15, -0.1) is 11.3 Å². The maximum Gasteiger partial charge on any atom is 0.220 e. The van der Waals surface area contributed by atoms with Gasteiger partial charge in [0.1, 0.15) is 11.2 Å². The molecule has 0 spiro atoms. The molecule has 4 nitrogen and oxygen atoms in total. The number of nitrogens with zero attached hydrogens (tertiary/aromatic N) is 2. The fourth-order valence-electron chi connectivity index (χ4n) is 2.77. The first-order valence-corrected chi connectivity index (χ1v) is 7.74. The molecule has 1 unspecified atom stereocenters. The summed E-state index contributed by atoms with van der Waals surface area (Å²) in [6.45, 7) is 0.737. The molecule has 3 heterocycles. The van der Waals surface area contributed by atoms with Gasteiger partial charge in [0.15, 0.2) is 0 Å². The molecule has 1 aromatic carbocycles. The molecular formula is C16H13N3OS. The van der Waals surface area contributed by atoms with Crippen LogP contribution in [0.1, 0.15) is 17.9 Å². The average Bonchev–Trinajstić information content (AvgIpc) is 3.15. The number of benzene rings is 1. The quantitative estimate of drug-likeness (QED) is 0.791. The number of rotatable bonds is 2. The molecule has 1 fully saturated rings. The normalized spacial score (nSPS) is 18.1. The third kappa shape index (κ3) is 2.19. The van der Waals surface area contributed by atoms with E-state index in [9.17, 15) is 4.79 Å². The number of thiophene rings is 1. The molecule has 1 amide bonds. The first kappa shape index (κ1) is 12.5. The van der Waals surface area contributed by atoms with Gasteiger partial charge in [-0.2, -0.15) is 0 Å². The summed E-state index contributed by atoms with van der Waals surface area (Å²) >= 11 is 1.62. The van der Waals surface area contributed by atoms with E-state index in [0.717, 1.165) is 28.0 Å². The van der Waals surface area contributed by atoms with Crippen molar-refractivity contribution in [3.63, 3.8) is 0 Å². The predicted octanol–water partition coefficient (Wildman–Crippen LogP) is 2.96. The third-order valence-electron chi connectivity index (χ3n) is 3.89. The van der Waals surface area contributed by atoms with Crippen molar-refractivity contribution in [1.29, 1.82) is 0 Å². The second-order valence-electron chi connectivity index (χ2n) is 5.19. The zero-order chi connectivity index (χ0) is 14.2. The molecule has 21 heavy (non-hydrogen) atoms. The summed E-state index contributed by atoms with van der Waals surface area (Å²) < 4.78 is 0. The highest BCUT2D eigenvalue weighted by molar-refractivity contribution is 7.16. The summed E-state index contributed by atoms with van der Waals surface area (Å²) in [5.41, 5.74) is 3.25. The molecule has 3 aromatic rings. The molecule has 1 aliphatic rings. The van der Waals surface area contributed by atoms with E-state index in [2.05, 4.69) is 45.6 Å². The van der Waals surface area contributed by atoms with Gasteiger partial charge in [-0.25, -0.2) is 9.97 Å². The Hall–Kier alpha value is -2.27. The van der Waals surface area contributed by atoms with Crippen LogP contribution in [0.4, 0.5) is 0 Å². The van der Waals surface area contributed by atoms with Gasteiger partial charge in [-0.05, 0) is 17.0 Å². The maximum absolute atomic E-state index is 11.3. The van der Waals surface area contributed by atoms with Gasteiger partial charge in [0.05, 0.1) is 5.69 Å². The van der Waals surface area contributed by atoms with Crippen molar-refractivity contribution in [3.05, 3.63) is 47.6 Å². The summed E-state index contributed by atoms with van der Waals surface area (Å²) in [7, 11) is 0. The first-order chi connectivity index (χ1) is 10.3. The maximum atomic E-state index is 11.3. The SMILES string of the molecule is O=C1CC(c2ccc(-c3ncnc4sccc34)cc2)CN1. The lowest BCUT2D eigenvalue weighted by molar-refractivity contribution is -0.119. The first-order valence-electron chi connectivity index (χ1n) is 6.86. The number of hydrogen-bond donors (Lipinski definition) is 1. The minimum absolute atomic E-state index is 0.139. The lowest BCUT2D eigenvalue weighted by Crippen LogP contribution is -2.13. The summed E-state index contributed by atoms with van der Waals surface area (Å²) in [4.78, 5) is 21.0. The Kier molecular flexibility index (Phi) is 2.93. The van der Waals surface area contributed by atoms with Crippen LogP contribution < -0.4 is 5.32 Å². The van der Waals surface area contributed by atoms with Crippen molar-refractivity contribution in [2.75, 3.05) is 6.54 Å². The van der Waals surface area contributed by atoms with Crippen LogP contribution in [0.3, 0.4) is 0 Å². The number of carbonyl (C=O) groups excluding carboxylic acids is 1. The standard InChI is InChI=1S/C16H13N3OS/c20-14-7-12(8-17-14)10-1-3-11(4-2-10)15-13-5-6-21-16(13)19-9-18-15/h1-6,9,12H,7-8H2,(H,17,20). The fraction of sp³-hybridized carbons (Fsp3) is 0.188. The lowest BCUT2D eigenvalue weighted by atomic mass is 9.96. The van der Waals surface area contributed by atoms with E-state index < -0.39 is 0 Å². The van der Waals surface area contributed by atoms with Gasteiger partial charge < -0.3 is 5.32 Å². The van der Waals surface area contributed by atoms with Crippen LogP contribution in [0.15, 0.2) is 42.0 Å². The average molecular weight is 295 g/mol. The Balaban J connectivity index is 1.70. The summed E-state index contributed by atoms with van der Waals surface area (Å²) in [6, 6.07) is 10.4. The molecule has 104 valence electrons. The molecular weight excluding hydrogens is 282 g/mol. The van der Waals surface area contributed by atoms with Gasteiger partial charge in [-0.3, -0.25) is 4.79 Å². The Bertz CT molecular complexity index is 810. The molecule has 0 bridgehead atoms. The molecule has 0 radical (unpaired) electrons. The van der Waals surface area contributed by atoms with Crippen molar-refractivity contribution in [1.82, 2.24) is 15.3 Å². The van der Waals surface area contributed by atoms with Crippen molar-refractivity contribution < 1.29 is 4.79 Å². The van der Waals surface area contributed by atoms with E-state index in [4.69, 9.17) is 0 Å². The third-order valence-corrected chi connectivity index (χ3v) is 4.72. The van der Waals surface area contributed by atoms with Crippen LogP contribution in [0.2, 0.25) is 0 Å². The molecule has 0 saturated carbocycles. The Morgan fingerprint density at radius 2 is 2.00 bits per heavy atom. The summed E-state index contributed by atoms with van der Waals surface area (Å²) in [5, 5.41) is 6.00. The summed E-state index contributed by atoms with van der Waals surface area (Å²) in [6.07, 6.45) is 2.20. The molecule has 0 aliphatic carbocycles. The molecule has 5 heteroatoms. The van der Waals surface area contributed by atoms with E-state index in [1.54, 1.807) is 17.7 Å². The van der Waals surface area contributed by atoms with E-state index in [1.807, 2.05) is 5.38 Å². The molecule has 2 aromatic heterocycles. The monoisotopic (exact) mass is 295 g/mol. The number of aromatic nitrogens is 2. The highest BCUT2D eigenvalue weighted by Gasteiger charge is 2.22. The topological polar surface area (TPSA) is 54.9 Å². The fourth-order valence-corrected chi connectivity index (χ4v) is 3.51. The van der Waals surface area contributed by atoms with Crippen LogP contribution in [0.5, 0.6) is 0 Å². The molecule has 1 aliphatic heterocycles. The van der Waals surface area contributed by atoms with Gasteiger partial charge in [0.2, 0.25) is 5.91 Å². The number of carbonyl (C=O) groups is 1. The van der Waals surface area contributed by atoms with Crippen molar-refractivity contribution in [2.24, 2.45) is 0 Å². The van der Waals surface area contributed by atoms with Crippen LogP contribution in [0.25, 0.3) is 21.5 Å². The highest BCUT2D eigenvalue weighted by Crippen LogP contribution is 2.30. The largest absolute Gasteiger partial charge is 0.355 e. The Morgan fingerprint density at radius 1 is 1.14 bits per heavy atom. The van der Waals surface area contributed by atoms with E-state index in [1.165, 1.54) is 5.56 Å². The number of hydrogen-bond acceptors (Lipinski definition) is 4. The number of fused-ring (bicyclic) bond motifs is 1. The van der Waals surface area contributed by atoms with E-state index in [0.29, 0.717) is 6.42 Å². The van der Waals surface area contributed by atoms with Crippen LogP contribution in [0, 0.1) is 0 Å². The van der Waals surface area contributed by atoms with Crippen LogP contribution in [-0.2, 0) is 4.79 Å². The second-order valence-corrected chi connectivity index (χ2v) is 6.08. The van der Waals surface area contributed by atoms with E-state index >= 15 is 0 Å². The molecule has 4 rings (SSSR count). The minimum Gasteiger partial charge on any atom is -0.355 e. The molecule has 1 saturated heterocycles. The lowest BCUT2D eigenvalue weighted by Gasteiger charge is -2.09. The Labute approximate surface area is 125 Å². The van der Waals surface area contributed by atoms with Crippen LogP contribution >= 0.6 is 11.3 Å². The minimum atomic E-state index is 0.139. The van der Waals surface area contributed by atoms with Gasteiger partial charge in [0, 0.05) is 29.8 Å². The highest BCUT2D eigenvalue weighted by atomic mass is 32.1. The second kappa shape index (κ2) is 4.93. The number of amides is 1. The van der Waals surface area contributed by atoms with Crippen molar-refractivity contribution >= 4 is 27.5 Å². The Morgan fingerprint density at radius 3 is 2.76 bits per heavy atom. The summed E-state index contributed by atoms with van der Waals surface area (Å²) in [5.74, 6) is 0.429. The van der Waals surface area contributed by atoms with E-state index in [-0.39, 0.29) is 11.8 Å². The predicted molar refractivity (Wildman–Crippen MR) is 83.2 cm³/mol. The number of nitrogens with one attached hydrogen (secondary N) is 1. The smallest absolute Gasteiger partial charge is 0.220 e. The van der Waals surface area contributed by atoms with Crippen molar-refractivity contribution in [2.45, 2.75) is 12.3 Å². The van der Waals surface area contributed by atoms with Crippen molar-refractivity contribution in [3.8, 4) is 11.3 Å². The van der Waals surface area contributed by atoms with Gasteiger partial charge in [0.25, 0.3) is 0 Å².